The number of halogens is 3. The quantitative estimate of drug-likeness (QED) is 0.483. The highest BCUT2D eigenvalue weighted by Crippen LogP contribution is 2.25. The molecule has 0 amide bonds. The Labute approximate surface area is 182 Å². The Balaban J connectivity index is 1.65. The lowest BCUT2D eigenvalue weighted by molar-refractivity contribution is -0.145. The van der Waals surface area contributed by atoms with Gasteiger partial charge in [-0.05, 0) is 48.9 Å². The van der Waals surface area contributed by atoms with Crippen molar-refractivity contribution in [3.63, 3.8) is 0 Å². The Morgan fingerprint density at radius 2 is 1.75 bits per heavy atom. The average Bonchev–Trinajstić information content (AvgIpc) is 3.06. The van der Waals surface area contributed by atoms with Gasteiger partial charge >= 0.3 is 12.1 Å². The second-order valence-electron chi connectivity index (χ2n) is 7.20. The van der Waals surface area contributed by atoms with Crippen LogP contribution in [0.4, 0.5) is 13.2 Å². The van der Waals surface area contributed by atoms with E-state index in [0.29, 0.717) is 33.5 Å². The van der Waals surface area contributed by atoms with Crippen molar-refractivity contribution in [3.8, 4) is 5.75 Å². The van der Waals surface area contributed by atoms with Crippen LogP contribution in [0.3, 0.4) is 0 Å². The van der Waals surface area contributed by atoms with Crippen molar-refractivity contribution in [2.45, 2.75) is 25.9 Å². The summed E-state index contributed by atoms with van der Waals surface area (Å²) in [5.74, 6) is -0.763. The number of carbonyl (C=O) groups is 2. The number of aryl methyl sites for hydroxylation is 1. The molecule has 6 nitrogen and oxygen atoms in total. The molecule has 0 unspecified atom stereocenters. The highest BCUT2D eigenvalue weighted by molar-refractivity contribution is 6.04. The van der Waals surface area contributed by atoms with E-state index in [2.05, 4.69) is 0 Å². The Bertz CT molecular complexity index is 1100. The molecule has 0 aliphatic carbocycles. The summed E-state index contributed by atoms with van der Waals surface area (Å²) in [7, 11) is 0. The van der Waals surface area contributed by atoms with Crippen LogP contribution in [0.5, 0.6) is 5.75 Å². The van der Waals surface area contributed by atoms with Gasteiger partial charge in [-0.1, -0.05) is 12.1 Å². The summed E-state index contributed by atoms with van der Waals surface area (Å²) < 4.78 is 48.0. The van der Waals surface area contributed by atoms with Gasteiger partial charge in [-0.3, -0.25) is 14.2 Å². The van der Waals surface area contributed by atoms with Crippen LogP contribution >= 0.6 is 0 Å². The zero-order valence-electron chi connectivity index (χ0n) is 17.3. The van der Waals surface area contributed by atoms with Gasteiger partial charge in [0.25, 0.3) is 5.91 Å². The fourth-order valence-corrected chi connectivity index (χ4v) is 3.34. The molecule has 0 fully saturated rings. The summed E-state index contributed by atoms with van der Waals surface area (Å²) in [5.41, 5.74) is 2.34. The number of aliphatic carboxylic acids is 1. The lowest BCUT2D eigenvalue weighted by atomic mass is 10.1. The molecule has 0 atom stereocenters. The van der Waals surface area contributed by atoms with Crippen molar-refractivity contribution in [2.24, 2.45) is 0 Å². The SMILES string of the molecule is Cc1cc2c(CC(=O)O)cccc2n1C(=O)c1ccc(OCCOCCC(F)(F)F)cc1. The highest BCUT2D eigenvalue weighted by Gasteiger charge is 2.26. The number of hydrogen-bond donors (Lipinski definition) is 1. The van der Waals surface area contributed by atoms with Gasteiger partial charge in [0, 0.05) is 16.6 Å². The van der Waals surface area contributed by atoms with Crippen molar-refractivity contribution in [2.75, 3.05) is 19.8 Å². The standard InChI is InChI=1S/C23H22F3NO5/c1-15-13-19-17(14-21(28)29)3-2-4-20(19)27(15)22(30)16-5-7-18(8-6-16)32-12-11-31-10-9-23(24,25)26/h2-8,13H,9-12,14H2,1H3,(H,28,29). The molecule has 2 aromatic carbocycles. The minimum atomic E-state index is -4.25. The maximum Gasteiger partial charge on any atom is 0.391 e. The first-order chi connectivity index (χ1) is 15.2. The minimum absolute atomic E-state index is 0.0178. The number of carbonyl (C=O) groups excluding carboxylic acids is 1. The number of fused-ring (bicyclic) bond motifs is 1. The molecular weight excluding hydrogens is 427 g/mol. The van der Waals surface area contributed by atoms with Gasteiger partial charge in [-0.15, -0.1) is 0 Å². The van der Waals surface area contributed by atoms with Crippen LogP contribution in [-0.4, -0.2) is 47.5 Å². The van der Waals surface area contributed by atoms with Gasteiger partial charge in [0.05, 0.1) is 31.6 Å². The Kier molecular flexibility index (Phi) is 7.19. The normalized spacial score (nSPS) is 11.6. The van der Waals surface area contributed by atoms with Gasteiger partial charge in [0.2, 0.25) is 0 Å². The van der Waals surface area contributed by atoms with E-state index in [9.17, 15) is 22.8 Å². The minimum Gasteiger partial charge on any atom is -0.491 e. The summed E-state index contributed by atoms with van der Waals surface area (Å²) in [6.07, 6.45) is -5.39. The molecule has 3 aromatic rings. The van der Waals surface area contributed by atoms with E-state index < -0.39 is 25.2 Å². The molecule has 1 N–H and O–H groups in total. The molecule has 0 aliphatic heterocycles. The number of alkyl halides is 3. The summed E-state index contributed by atoms with van der Waals surface area (Å²) in [4.78, 5) is 24.2. The molecule has 0 bridgehead atoms. The Hall–Kier alpha value is -3.33. The number of ether oxygens (including phenoxy) is 2. The predicted octanol–water partition coefficient (Wildman–Crippen LogP) is 4.61. The Morgan fingerprint density at radius 1 is 1.03 bits per heavy atom. The second kappa shape index (κ2) is 9.86. The molecule has 0 radical (unpaired) electrons. The molecule has 9 heteroatoms. The van der Waals surface area contributed by atoms with Gasteiger partial charge < -0.3 is 14.6 Å². The average molecular weight is 449 g/mol. The van der Waals surface area contributed by atoms with Crippen molar-refractivity contribution < 1.29 is 37.3 Å². The third kappa shape index (κ3) is 5.88. The van der Waals surface area contributed by atoms with Crippen LogP contribution in [0.2, 0.25) is 0 Å². The zero-order chi connectivity index (χ0) is 23.3. The molecule has 0 saturated heterocycles. The van der Waals surface area contributed by atoms with E-state index in [1.807, 2.05) is 0 Å². The van der Waals surface area contributed by atoms with Crippen LogP contribution in [0.1, 0.15) is 28.0 Å². The monoisotopic (exact) mass is 449 g/mol. The van der Waals surface area contributed by atoms with Crippen LogP contribution < -0.4 is 4.74 Å². The highest BCUT2D eigenvalue weighted by atomic mass is 19.4. The van der Waals surface area contributed by atoms with Gasteiger partial charge in [0.15, 0.2) is 0 Å². The third-order valence-corrected chi connectivity index (χ3v) is 4.79. The van der Waals surface area contributed by atoms with Crippen molar-refractivity contribution in [3.05, 3.63) is 65.4 Å². The Morgan fingerprint density at radius 3 is 2.41 bits per heavy atom. The number of carboxylic acid groups (broad SMARTS) is 1. The summed E-state index contributed by atoms with van der Waals surface area (Å²) in [5, 5.41) is 9.83. The number of benzene rings is 2. The molecule has 1 heterocycles. The van der Waals surface area contributed by atoms with Gasteiger partial charge in [-0.25, -0.2) is 0 Å². The van der Waals surface area contributed by atoms with Crippen molar-refractivity contribution in [1.82, 2.24) is 4.57 Å². The largest absolute Gasteiger partial charge is 0.491 e. The fraction of sp³-hybridized carbons (Fsp3) is 0.304. The molecular formula is C23H22F3NO5. The number of aromatic nitrogens is 1. The summed E-state index contributed by atoms with van der Waals surface area (Å²) in [6.45, 7) is 1.46. The maximum atomic E-state index is 13.1. The first-order valence-corrected chi connectivity index (χ1v) is 9.89. The van der Waals surface area contributed by atoms with Crippen molar-refractivity contribution >= 4 is 22.8 Å². The second-order valence-corrected chi connectivity index (χ2v) is 7.20. The first-order valence-electron chi connectivity index (χ1n) is 9.89. The predicted molar refractivity (Wildman–Crippen MR) is 111 cm³/mol. The molecule has 3 rings (SSSR count). The van der Waals surface area contributed by atoms with Crippen LogP contribution in [0.15, 0.2) is 48.5 Å². The molecule has 32 heavy (non-hydrogen) atoms. The van der Waals surface area contributed by atoms with E-state index in [0.717, 1.165) is 0 Å². The van der Waals surface area contributed by atoms with Crippen molar-refractivity contribution in [1.29, 1.82) is 0 Å². The van der Waals surface area contributed by atoms with Crippen LogP contribution in [0.25, 0.3) is 10.9 Å². The van der Waals surface area contributed by atoms with E-state index in [1.54, 1.807) is 55.5 Å². The topological polar surface area (TPSA) is 77.8 Å². The number of hydrogen-bond acceptors (Lipinski definition) is 4. The van der Waals surface area contributed by atoms with E-state index in [1.165, 1.54) is 4.57 Å². The molecule has 1 aromatic heterocycles. The number of nitrogens with zero attached hydrogens (tertiary/aromatic N) is 1. The third-order valence-electron chi connectivity index (χ3n) is 4.79. The van der Waals surface area contributed by atoms with E-state index in [-0.39, 0.29) is 25.5 Å². The molecule has 0 aliphatic rings. The zero-order valence-corrected chi connectivity index (χ0v) is 17.3. The van der Waals surface area contributed by atoms with Crippen LogP contribution in [-0.2, 0) is 16.0 Å². The lowest BCUT2D eigenvalue weighted by Gasteiger charge is -2.10. The maximum absolute atomic E-state index is 13.1. The molecule has 0 saturated carbocycles. The summed E-state index contributed by atoms with van der Waals surface area (Å²) in [6, 6.07) is 13.4. The van der Waals surface area contributed by atoms with E-state index >= 15 is 0 Å². The van der Waals surface area contributed by atoms with Gasteiger partial charge in [0.1, 0.15) is 12.4 Å². The smallest absolute Gasteiger partial charge is 0.391 e. The molecule has 170 valence electrons. The number of carboxylic acids is 1. The number of rotatable bonds is 9. The lowest BCUT2D eigenvalue weighted by Crippen LogP contribution is -2.14. The van der Waals surface area contributed by atoms with Crippen LogP contribution in [0, 0.1) is 6.92 Å². The molecule has 0 spiro atoms. The summed E-state index contributed by atoms with van der Waals surface area (Å²) >= 11 is 0. The van der Waals surface area contributed by atoms with Gasteiger partial charge in [-0.2, -0.15) is 13.2 Å². The van der Waals surface area contributed by atoms with E-state index in [4.69, 9.17) is 14.6 Å². The first kappa shape index (κ1) is 23.3. The fourth-order valence-electron chi connectivity index (χ4n) is 3.34.